The molecule has 0 radical (unpaired) electrons. The zero-order valence-corrected chi connectivity index (χ0v) is 16.1. The molecular weight excluding hydrogens is 338 g/mol. The number of morpholine rings is 1. The molecule has 0 bridgehead atoms. The second-order valence-corrected chi connectivity index (χ2v) is 8.01. The second-order valence-electron chi connectivity index (χ2n) is 7.07. The smallest absolute Gasteiger partial charge is 0.230 e. The molecular formula is C17H29N5O2S. The lowest BCUT2D eigenvalue weighted by Crippen LogP contribution is -2.41. The lowest BCUT2D eigenvalue weighted by Gasteiger charge is -2.29. The normalized spacial score (nSPS) is 25.0. The first-order valence-electron chi connectivity index (χ1n) is 9.24. The van der Waals surface area contributed by atoms with Crippen LogP contribution < -0.4 is 5.32 Å². The summed E-state index contributed by atoms with van der Waals surface area (Å²) in [6, 6.07) is 0.332. The zero-order chi connectivity index (χ0) is 17.6. The van der Waals surface area contributed by atoms with Crippen LogP contribution in [-0.2, 0) is 23.1 Å². The van der Waals surface area contributed by atoms with Gasteiger partial charge >= 0.3 is 0 Å². The van der Waals surface area contributed by atoms with Gasteiger partial charge in [-0.2, -0.15) is 0 Å². The topological polar surface area (TPSA) is 72.3 Å². The molecule has 1 N–H and O–H groups in total. The quantitative estimate of drug-likeness (QED) is 0.767. The molecule has 1 saturated heterocycles. The number of hydrogen-bond donors (Lipinski definition) is 1. The summed E-state index contributed by atoms with van der Waals surface area (Å²) in [7, 11) is 1.97. The lowest BCUT2D eigenvalue weighted by molar-refractivity contribution is -0.119. The molecule has 0 spiro atoms. The standard InChI is InChI=1S/C17H29N5O2S/c1-13-5-3-4-6-14(13)18-16(23)12-25-17-20-19-15(21(17)2)11-22-7-9-24-10-8-22/h13-14H,3-12H2,1-2H3,(H,18,23)/t13-,14+/m1/s1. The number of hydrogen-bond acceptors (Lipinski definition) is 6. The van der Waals surface area contributed by atoms with Crippen LogP contribution in [0.25, 0.3) is 0 Å². The Labute approximate surface area is 153 Å². The monoisotopic (exact) mass is 367 g/mol. The predicted octanol–water partition coefficient (Wildman–Crippen LogP) is 1.43. The summed E-state index contributed by atoms with van der Waals surface area (Å²) in [5, 5.41) is 12.5. The summed E-state index contributed by atoms with van der Waals surface area (Å²) >= 11 is 1.46. The van der Waals surface area contributed by atoms with Gasteiger partial charge in [-0.15, -0.1) is 10.2 Å². The van der Waals surface area contributed by atoms with Gasteiger partial charge in [0.15, 0.2) is 5.16 Å². The Morgan fingerprint density at radius 1 is 1.28 bits per heavy atom. The molecule has 2 atom stereocenters. The first-order chi connectivity index (χ1) is 12.1. The molecule has 0 aromatic carbocycles. The molecule has 1 aromatic heterocycles. The number of ether oxygens (including phenoxy) is 1. The molecule has 1 amide bonds. The van der Waals surface area contributed by atoms with Gasteiger partial charge in [0.2, 0.25) is 5.91 Å². The largest absolute Gasteiger partial charge is 0.379 e. The average Bonchev–Trinajstić information content (AvgIpc) is 2.96. The van der Waals surface area contributed by atoms with E-state index in [9.17, 15) is 4.79 Å². The summed E-state index contributed by atoms with van der Waals surface area (Å²) in [5.41, 5.74) is 0. The van der Waals surface area contributed by atoms with Gasteiger partial charge in [0.1, 0.15) is 5.82 Å². The first kappa shape index (κ1) is 18.7. The highest BCUT2D eigenvalue weighted by molar-refractivity contribution is 7.99. The van der Waals surface area contributed by atoms with Crippen molar-refractivity contribution in [1.82, 2.24) is 25.0 Å². The van der Waals surface area contributed by atoms with Crippen LogP contribution in [0, 0.1) is 5.92 Å². The molecule has 1 aromatic rings. The molecule has 1 saturated carbocycles. The van der Waals surface area contributed by atoms with Crippen LogP contribution in [0.4, 0.5) is 0 Å². The van der Waals surface area contributed by atoms with Crippen molar-refractivity contribution in [1.29, 1.82) is 0 Å². The van der Waals surface area contributed by atoms with Crippen molar-refractivity contribution in [3.8, 4) is 0 Å². The Kier molecular flexibility index (Phi) is 6.72. The molecule has 1 aliphatic carbocycles. The van der Waals surface area contributed by atoms with Gasteiger partial charge in [-0.05, 0) is 18.8 Å². The van der Waals surface area contributed by atoms with Crippen LogP contribution in [0.15, 0.2) is 5.16 Å². The number of aromatic nitrogens is 3. The molecule has 8 heteroatoms. The van der Waals surface area contributed by atoms with Crippen molar-refractivity contribution in [2.24, 2.45) is 13.0 Å². The number of amides is 1. The molecule has 25 heavy (non-hydrogen) atoms. The van der Waals surface area contributed by atoms with Crippen LogP contribution in [0.5, 0.6) is 0 Å². The van der Waals surface area contributed by atoms with E-state index in [0.29, 0.717) is 17.7 Å². The molecule has 2 fully saturated rings. The Hall–Kier alpha value is -1.12. The van der Waals surface area contributed by atoms with Crippen molar-refractivity contribution >= 4 is 17.7 Å². The summed E-state index contributed by atoms with van der Waals surface area (Å²) in [4.78, 5) is 14.6. The van der Waals surface area contributed by atoms with Crippen LogP contribution in [0.2, 0.25) is 0 Å². The number of carbonyl (C=O) groups excluding carboxylic acids is 1. The van der Waals surface area contributed by atoms with Crippen LogP contribution >= 0.6 is 11.8 Å². The van der Waals surface area contributed by atoms with E-state index in [1.165, 1.54) is 31.0 Å². The SMILES string of the molecule is C[C@@H]1CCCC[C@@H]1NC(=O)CSc1nnc(CN2CCOCC2)n1C. The fourth-order valence-corrected chi connectivity index (χ4v) is 4.22. The summed E-state index contributed by atoms with van der Waals surface area (Å²) in [6.07, 6.45) is 4.82. The van der Waals surface area contributed by atoms with E-state index in [4.69, 9.17) is 4.74 Å². The van der Waals surface area contributed by atoms with E-state index in [2.05, 4.69) is 27.3 Å². The third-order valence-electron chi connectivity index (χ3n) is 5.18. The minimum absolute atomic E-state index is 0.0986. The highest BCUT2D eigenvalue weighted by Crippen LogP contribution is 2.24. The maximum Gasteiger partial charge on any atom is 0.230 e. The Bertz CT molecular complexity index is 573. The minimum Gasteiger partial charge on any atom is -0.379 e. The number of thioether (sulfide) groups is 1. The third-order valence-corrected chi connectivity index (χ3v) is 6.20. The van der Waals surface area contributed by atoms with Crippen molar-refractivity contribution in [3.05, 3.63) is 5.82 Å². The van der Waals surface area contributed by atoms with Crippen molar-refractivity contribution in [3.63, 3.8) is 0 Å². The summed E-state index contributed by atoms with van der Waals surface area (Å²) in [5.74, 6) is 2.01. The highest BCUT2D eigenvalue weighted by atomic mass is 32.2. The number of nitrogens with one attached hydrogen (secondary N) is 1. The van der Waals surface area contributed by atoms with Gasteiger partial charge in [-0.3, -0.25) is 9.69 Å². The summed E-state index contributed by atoms with van der Waals surface area (Å²) < 4.78 is 7.37. The van der Waals surface area contributed by atoms with Gasteiger partial charge in [-0.25, -0.2) is 0 Å². The van der Waals surface area contributed by atoms with E-state index >= 15 is 0 Å². The van der Waals surface area contributed by atoms with E-state index in [1.54, 1.807) is 0 Å². The van der Waals surface area contributed by atoms with E-state index in [0.717, 1.165) is 50.2 Å². The van der Waals surface area contributed by atoms with E-state index in [1.807, 2.05) is 11.6 Å². The molecule has 2 heterocycles. The summed E-state index contributed by atoms with van der Waals surface area (Å²) in [6.45, 7) is 6.42. The number of carbonyl (C=O) groups is 1. The van der Waals surface area contributed by atoms with Crippen molar-refractivity contribution < 1.29 is 9.53 Å². The Morgan fingerprint density at radius 2 is 2.04 bits per heavy atom. The van der Waals surface area contributed by atoms with Crippen molar-refractivity contribution in [2.45, 2.75) is 50.4 Å². The van der Waals surface area contributed by atoms with Gasteiger partial charge in [0.05, 0.1) is 25.5 Å². The maximum atomic E-state index is 12.3. The fourth-order valence-electron chi connectivity index (χ4n) is 3.48. The minimum atomic E-state index is 0.0986. The zero-order valence-electron chi connectivity index (χ0n) is 15.2. The fraction of sp³-hybridized carbons (Fsp3) is 0.824. The van der Waals surface area contributed by atoms with Crippen molar-refractivity contribution in [2.75, 3.05) is 32.1 Å². The van der Waals surface area contributed by atoms with E-state index in [-0.39, 0.29) is 5.91 Å². The molecule has 0 unspecified atom stereocenters. The Morgan fingerprint density at radius 3 is 2.80 bits per heavy atom. The van der Waals surface area contributed by atoms with Crippen LogP contribution in [0.1, 0.15) is 38.4 Å². The van der Waals surface area contributed by atoms with Gasteiger partial charge < -0.3 is 14.6 Å². The maximum absolute atomic E-state index is 12.3. The lowest BCUT2D eigenvalue weighted by atomic mass is 9.86. The average molecular weight is 368 g/mol. The predicted molar refractivity (Wildman–Crippen MR) is 97.4 cm³/mol. The van der Waals surface area contributed by atoms with Gasteiger partial charge in [0, 0.05) is 26.2 Å². The highest BCUT2D eigenvalue weighted by Gasteiger charge is 2.23. The molecule has 2 aliphatic rings. The van der Waals surface area contributed by atoms with Crippen LogP contribution in [0.3, 0.4) is 0 Å². The first-order valence-corrected chi connectivity index (χ1v) is 10.2. The molecule has 3 rings (SSSR count). The molecule has 1 aliphatic heterocycles. The molecule has 140 valence electrons. The van der Waals surface area contributed by atoms with E-state index < -0.39 is 0 Å². The number of nitrogens with zero attached hydrogens (tertiary/aromatic N) is 4. The van der Waals surface area contributed by atoms with Gasteiger partial charge in [0.25, 0.3) is 0 Å². The third kappa shape index (κ3) is 5.18. The number of rotatable bonds is 6. The second kappa shape index (κ2) is 9.00. The molecule has 7 nitrogen and oxygen atoms in total. The van der Waals surface area contributed by atoms with Crippen LogP contribution in [-0.4, -0.2) is 63.7 Å². The Balaban J connectivity index is 1.47. The van der Waals surface area contributed by atoms with Gasteiger partial charge in [-0.1, -0.05) is 31.5 Å².